The van der Waals surface area contributed by atoms with Gasteiger partial charge in [-0.2, -0.15) is 0 Å². The zero-order valence-electron chi connectivity index (χ0n) is 5.30. The van der Waals surface area contributed by atoms with Crippen LogP contribution in [-0.2, 0) is 0 Å². The second kappa shape index (κ2) is 2.28. The second-order valence-corrected chi connectivity index (χ2v) is 1.88. The van der Waals surface area contributed by atoms with Gasteiger partial charge in [-0.05, 0) is 19.4 Å². The average Bonchev–Trinajstić information content (AvgIpc) is 2.14. The van der Waals surface area contributed by atoms with E-state index in [1.54, 1.807) is 0 Å². The van der Waals surface area contributed by atoms with Gasteiger partial charge in [0, 0.05) is 6.04 Å². The molecular formula is C5H11NO. The Morgan fingerprint density at radius 3 is 3.14 bits per heavy atom. The predicted octanol–water partition coefficient (Wildman–Crippen LogP) is -0.269. The molecule has 1 saturated heterocycles. The molecule has 1 aliphatic heterocycles. The zero-order chi connectivity index (χ0) is 5.98. The lowest BCUT2D eigenvalue weighted by Crippen LogP contribution is -2.24. The highest BCUT2D eigenvalue weighted by atomic mass is 16.3. The molecule has 0 aromatic heterocycles. The maximum absolute atomic E-state index is 8.57. The molecule has 42 valence electrons. The highest BCUT2D eigenvalue weighted by molar-refractivity contribution is 4.71. The van der Waals surface area contributed by atoms with Crippen molar-refractivity contribution in [3.63, 3.8) is 0 Å². The Kier molecular flexibility index (Phi) is 1.26. The monoisotopic (exact) mass is 102 g/mol. The molecular weight excluding hydrogens is 90.1 g/mol. The third kappa shape index (κ3) is 1.14. The smallest absolute Gasteiger partial charge is 0.123 e. The molecule has 0 aliphatic carbocycles. The van der Waals surface area contributed by atoms with E-state index in [1.165, 1.54) is 5.31 Å². The van der Waals surface area contributed by atoms with E-state index in [9.17, 15) is 0 Å². The van der Waals surface area contributed by atoms with E-state index in [2.05, 4.69) is 0 Å². The first kappa shape index (κ1) is 3.87. The zero-order valence-corrected chi connectivity index (χ0v) is 4.30. The molecule has 1 unspecified atom stereocenters. The summed E-state index contributed by atoms with van der Waals surface area (Å²) < 4.78 is 7.16. The number of rotatable bonds is 1. The number of hydrogen-bond acceptors (Lipinski definition) is 2. The minimum absolute atomic E-state index is 0.120. The topological polar surface area (TPSA) is 32.3 Å². The molecule has 0 aromatic rings. The highest BCUT2D eigenvalue weighted by Crippen LogP contribution is 2.02. The second-order valence-electron chi connectivity index (χ2n) is 1.88. The van der Waals surface area contributed by atoms with Gasteiger partial charge in [0.15, 0.2) is 0 Å². The average molecular weight is 102 g/mol. The largest absolute Gasteiger partial charge is 0.395 e. The van der Waals surface area contributed by atoms with Gasteiger partial charge in [-0.1, -0.05) is 0 Å². The molecule has 2 heteroatoms. The predicted molar refractivity (Wildman–Crippen MR) is 28.1 cm³/mol. The van der Waals surface area contributed by atoms with Crippen LogP contribution in [0.15, 0.2) is 0 Å². The van der Waals surface area contributed by atoms with Crippen molar-refractivity contribution < 1.29 is 6.52 Å². The minimum atomic E-state index is 0.120. The third-order valence-corrected chi connectivity index (χ3v) is 1.29. The molecule has 0 spiro atoms. The van der Waals surface area contributed by atoms with Crippen LogP contribution in [-0.4, -0.2) is 24.3 Å². The maximum atomic E-state index is 8.57. The Bertz CT molecular complexity index is 78.8. The van der Waals surface area contributed by atoms with Crippen LogP contribution < -0.4 is 5.31 Å². The first-order valence-electron chi connectivity index (χ1n) is 3.15. The summed E-state index contributed by atoms with van der Waals surface area (Å²) in [5.74, 6) is 0. The van der Waals surface area contributed by atoms with E-state index in [4.69, 9.17) is 6.52 Å². The molecule has 1 rings (SSSR count). The number of nitrogens with one attached hydrogen (secondary N) is 1. The summed E-state index contributed by atoms with van der Waals surface area (Å²) in [5.41, 5.74) is 0. The van der Waals surface area contributed by atoms with E-state index >= 15 is 0 Å². The van der Waals surface area contributed by atoms with Crippen molar-refractivity contribution in [3.05, 3.63) is 0 Å². The lowest BCUT2D eigenvalue weighted by atomic mass is 10.2. The van der Waals surface area contributed by atoms with Gasteiger partial charge in [0.05, 0.1) is 6.61 Å². The minimum Gasteiger partial charge on any atom is -0.395 e. The lowest BCUT2D eigenvalue weighted by molar-refractivity contribution is 0.255. The first-order valence-corrected chi connectivity index (χ1v) is 2.71. The van der Waals surface area contributed by atoms with Crippen molar-refractivity contribution in [2.24, 2.45) is 0 Å². The number of aliphatic hydroxyl groups excluding tert-OH is 1. The van der Waals surface area contributed by atoms with Crippen molar-refractivity contribution in [2.45, 2.75) is 18.9 Å². The van der Waals surface area contributed by atoms with Gasteiger partial charge in [0.1, 0.15) is 1.41 Å². The Morgan fingerprint density at radius 2 is 2.86 bits per heavy atom. The summed E-state index contributed by atoms with van der Waals surface area (Å²) in [6.45, 7) is 0.967. The third-order valence-electron chi connectivity index (χ3n) is 1.29. The van der Waals surface area contributed by atoms with Gasteiger partial charge in [-0.25, -0.2) is 0 Å². The summed E-state index contributed by atoms with van der Waals surface area (Å²) in [6.07, 6.45) is 2.05. The quantitative estimate of drug-likeness (QED) is 0.477. The number of aliphatic hydroxyl groups is 1. The first-order chi connectivity index (χ1) is 3.84. The maximum Gasteiger partial charge on any atom is 0.123 e. The van der Waals surface area contributed by atoms with Crippen molar-refractivity contribution in [1.82, 2.24) is 5.31 Å². The van der Waals surface area contributed by atoms with Gasteiger partial charge in [0.25, 0.3) is 0 Å². The van der Waals surface area contributed by atoms with Crippen LogP contribution in [0.3, 0.4) is 0 Å². The van der Waals surface area contributed by atoms with E-state index in [1.807, 2.05) is 0 Å². The fourth-order valence-corrected chi connectivity index (χ4v) is 0.841. The van der Waals surface area contributed by atoms with E-state index in [-0.39, 0.29) is 12.6 Å². The van der Waals surface area contributed by atoms with Crippen LogP contribution in [0.5, 0.6) is 0 Å². The van der Waals surface area contributed by atoms with E-state index < -0.39 is 0 Å². The molecule has 1 atom stereocenters. The van der Waals surface area contributed by atoms with Crippen molar-refractivity contribution in [2.75, 3.05) is 13.2 Å². The Balaban J connectivity index is 2.30. The molecule has 0 aromatic carbocycles. The van der Waals surface area contributed by atoms with Gasteiger partial charge in [0.2, 0.25) is 0 Å². The van der Waals surface area contributed by atoms with E-state index in [0.29, 0.717) is 0 Å². The molecule has 2 N–H and O–H groups in total. The molecule has 1 heterocycles. The Morgan fingerprint density at radius 1 is 2.00 bits per heavy atom. The molecule has 1 aliphatic rings. The Labute approximate surface area is 45.0 Å². The summed E-state index contributed by atoms with van der Waals surface area (Å²) in [7, 11) is 0. The molecule has 0 bridgehead atoms. The summed E-state index contributed by atoms with van der Waals surface area (Å²) in [6, 6.07) is 0.120. The highest BCUT2D eigenvalue weighted by Gasteiger charge is 2.10. The van der Waals surface area contributed by atoms with Crippen LogP contribution in [0.25, 0.3) is 0 Å². The van der Waals surface area contributed by atoms with Crippen molar-refractivity contribution in [3.8, 4) is 0 Å². The van der Waals surface area contributed by atoms with Gasteiger partial charge < -0.3 is 10.4 Å². The van der Waals surface area contributed by atoms with Crippen LogP contribution in [0.1, 0.15) is 12.8 Å². The van der Waals surface area contributed by atoms with E-state index in [0.717, 1.165) is 19.4 Å². The SMILES string of the molecule is [2H]N1CCCC1CO. The summed E-state index contributed by atoms with van der Waals surface area (Å²) in [5, 5.41) is 10.0. The standard InChI is InChI=1S/C5H11NO/c7-4-5-2-1-3-6-5/h5-7H,1-4H2/i/hD. The van der Waals surface area contributed by atoms with Crippen molar-refractivity contribution in [1.29, 1.82) is 0 Å². The molecule has 0 amide bonds. The summed E-state index contributed by atoms with van der Waals surface area (Å²) >= 11 is 0. The van der Waals surface area contributed by atoms with Crippen LogP contribution in [0.4, 0.5) is 0 Å². The fourth-order valence-electron chi connectivity index (χ4n) is 0.841. The van der Waals surface area contributed by atoms with Crippen LogP contribution >= 0.6 is 0 Å². The normalized spacial score (nSPS) is 36.1. The molecule has 2 nitrogen and oxygen atoms in total. The van der Waals surface area contributed by atoms with Gasteiger partial charge >= 0.3 is 0 Å². The molecule has 0 saturated carbocycles. The van der Waals surface area contributed by atoms with Crippen molar-refractivity contribution >= 4 is 0 Å². The Hall–Kier alpha value is -0.0800. The lowest BCUT2D eigenvalue weighted by Gasteiger charge is -2.01. The molecule has 7 heavy (non-hydrogen) atoms. The van der Waals surface area contributed by atoms with Crippen LogP contribution in [0, 0.1) is 0 Å². The molecule has 1 fully saturated rings. The molecule has 0 radical (unpaired) electrons. The fraction of sp³-hybridized carbons (Fsp3) is 1.00. The summed E-state index contributed by atoms with van der Waals surface area (Å²) in [4.78, 5) is 0. The van der Waals surface area contributed by atoms with Crippen LogP contribution in [0.2, 0.25) is 1.41 Å². The van der Waals surface area contributed by atoms with Gasteiger partial charge in [-0.3, -0.25) is 0 Å². The van der Waals surface area contributed by atoms with Gasteiger partial charge in [-0.15, -0.1) is 0 Å². The number of hydrogen-bond donors (Lipinski definition) is 2.